The Hall–Kier alpha value is 0.0649. The van der Waals surface area contributed by atoms with Gasteiger partial charge < -0.3 is 0 Å². The minimum absolute atomic E-state index is 0.493. The van der Waals surface area contributed by atoms with E-state index in [2.05, 4.69) is 35.0 Å². The Balaban J connectivity index is 2.17. The highest BCUT2D eigenvalue weighted by molar-refractivity contribution is 6.49. The molecule has 0 spiro atoms. The Morgan fingerprint density at radius 3 is 2.08 bits per heavy atom. The molecule has 2 saturated heterocycles. The van der Waals surface area contributed by atoms with E-state index in [1.807, 2.05) is 0 Å². The Morgan fingerprint density at radius 1 is 1.17 bits per heavy atom. The standard InChI is InChI=1S/C11H20B/c1-9(2,3)11-7-5-6-10(4,8-11)12-11/h5-8H2,1-4H3. The van der Waals surface area contributed by atoms with E-state index in [9.17, 15) is 0 Å². The number of hydrogen-bond acceptors (Lipinski definition) is 0. The summed E-state index contributed by atoms with van der Waals surface area (Å²) in [6.45, 7) is 9.62. The predicted octanol–water partition coefficient (Wildman–Crippen LogP) is 3.66. The molecule has 0 aromatic heterocycles. The maximum absolute atomic E-state index is 2.66. The summed E-state index contributed by atoms with van der Waals surface area (Å²) in [6.07, 6.45) is 5.77. The molecule has 1 heteroatoms. The van der Waals surface area contributed by atoms with Gasteiger partial charge in [-0.1, -0.05) is 64.0 Å². The fourth-order valence-corrected chi connectivity index (χ4v) is 3.34. The molecule has 2 atom stereocenters. The van der Waals surface area contributed by atoms with Gasteiger partial charge in [0.15, 0.2) is 0 Å². The third-order valence-electron chi connectivity index (χ3n) is 4.21. The van der Waals surface area contributed by atoms with E-state index in [1.165, 1.54) is 25.7 Å². The second-order valence-corrected chi connectivity index (χ2v) is 6.23. The zero-order chi connectivity index (χ0) is 9.04. The van der Waals surface area contributed by atoms with Crippen LogP contribution in [0.2, 0.25) is 10.6 Å². The van der Waals surface area contributed by atoms with Gasteiger partial charge in [0, 0.05) is 0 Å². The van der Waals surface area contributed by atoms with Crippen LogP contribution in [0.25, 0.3) is 0 Å². The van der Waals surface area contributed by atoms with Gasteiger partial charge >= 0.3 is 0 Å². The molecule has 0 aromatic rings. The Kier molecular flexibility index (Phi) is 1.52. The lowest BCUT2D eigenvalue weighted by Gasteiger charge is -2.65. The third kappa shape index (κ3) is 0.979. The van der Waals surface area contributed by atoms with Crippen LogP contribution < -0.4 is 0 Å². The monoisotopic (exact) mass is 163 g/mol. The molecule has 2 aliphatic heterocycles. The van der Waals surface area contributed by atoms with Crippen LogP contribution in [0.1, 0.15) is 53.4 Å². The lowest BCUT2D eigenvalue weighted by molar-refractivity contribution is 0.121. The molecule has 12 heavy (non-hydrogen) atoms. The second kappa shape index (κ2) is 2.11. The van der Waals surface area contributed by atoms with Crippen molar-refractivity contribution in [2.75, 3.05) is 0 Å². The first-order valence-electron chi connectivity index (χ1n) is 5.24. The summed E-state index contributed by atoms with van der Waals surface area (Å²) < 4.78 is 0. The normalized spacial score (nSPS) is 46.3. The van der Waals surface area contributed by atoms with Crippen molar-refractivity contribution < 1.29 is 0 Å². The first kappa shape index (κ1) is 8.65. The van der Waals surface area contributed by atoms with Crippen LogP contribution in [0, 0.1) is 5.41 Å². The molecule has 3 rings (SSSR count). The molecule has 2 bridgehead atoms. The van der Waals surface area contributed by atoms with Gasteiger partial charge in [-0.05, 0) is 5.41 Å². The Bertz CT molecular complexity index is 194. The molecule has 67 valence electrons. The van der Waals surface area contributed by atoms with Crippen molar-refractivity contribution in [3.63, 3.8) is 0 Å². The number of hydrogen-bond donors (Lipinski definition) is 0. The van der Waals surface area contributed by atoms with Crippen molar-refractivity contribution >= 4 is 7.28 Å². The zero-order valence-electron chi connectivity index (χ0n) is 8.91. The molecule has 1 radical (unpaired) electrons. The van der Waals surface area contributed by atoms with Gasteiger partial charge in [-0.25, -0.2) is 0 Å². The van der Waals surface area contributed by atoms with Crippen LogP contribution in [0.5, 0.6) is 0 Å². The number of fused-ring (bicyclic) bond motifs is 2. The van der Waals surface area contributed by atoms with E-state index >= 15 is 0 Å². The van der Waals surface area contributed by atoms with Gasteiger partial charge in [-0.15, -0.1) is 0 Å². The minimum Gasteiger partial charge on any atom is -0.0669 e. The van der Waals surface area contributed by atoms with Gasteiger partial charge in [0.25, 0.3) is 0 Å². The molecule has 1 aliphatic carbocycles. The van der Waals surface area contributed by atoms with Crippen molar-refractivity contribution in [1.29, 1.82) is 0 Å². The van der Waals surface area contributed by atoms with Gasteiger partial charge in [-0.3, -0.25) is 0 Å². The Morgan fingerprint density at radius 2 is 1.75 bits per heavy atom. The highest BCUT2D eigenvalue weighted by Crippen LogP contribution is 2.73. The van der Waals surface area contributed by atoms with Crippen LogP contribution in [0.3, 0.4) is 0 Å². The van der Waals surface area contributed by atoms with E-state index in [0.29, 0.717) is 16.0 Å². The van der Waals surface area contributed by atoms with Gasteiger partial charge in [-0.2, -0.15) is 0 Å². The first-order chi connectivity index (χ1) is 5.37. The summed E-state index contributed by atoms with van der Waals surface area (Å²) in [6, 6.07) is 0. The third-order valence-corrected chi connectivity index (χ3v) is 4.21. The van der Waals surface area contributed by atoms with E-state index in [-0.39, 0.29) is 0 Å². The molecule has 0 N–H and O–H groups in total. The SMILES string of the molecule is CC12[B]C(C(C)(C)C)(CCC1)C2. The molecule has 2 heterocycles. The maximum atomic E-state index is 2.66. The molecule has 0 aromatic carbocycles. The molecule has 3 aliphatic rings. The van der Waals surface area contributed by atoms with Gasteiger partial charge in [0.2, 0.25) is 0 Å². The molecule has 2 unspecified atom stereocenters. The summed E-state index contributed by atoms with van der Waals surface area (Å²) in [5.41, 5.74) is 0.493. The first-order valence-corrected chi connectivity index (χ1v) is 5.24. The number of rotatable bonds is 0. The van der Waals surface area contributed by atoms with E-state index in [1.54, 1.807) is 0 Å². The van der Waals surface area contributed by atoms with E-state index in [0.717, 1.165) is 0 Å². The van der Waals surface area contributed by atoms with E-state index in [4.69, 9.17) is 0 Å². The lowest BCUT2D eigenvalue weighted by atomic mass is 9.17. The van der Waals surface area contributed by atoms with Crippen molar-refractivity contribution in [1.82, 2.24) is 0 Å². The van der Waals surface area contributed by atoms with Gasteiger partial charge in [0.05, 0.1) is 0 Å². The molecular formula is C11H20B. The van der Waals surface area contributed by atoms with Crippen molar-refractivity contribution in [3.8, 4) is 0 Å². The quantitative estimate of drug-likeness (QED) is 0.478. The summed E-state index contributed by atoms with van der Waals surface area (Å²) in [4.78, 5) is 0. The second-order valence-electron chi connectivity index (χ2n) is 6.23. The molecule has 1 saturated carbocycles. The highest BCUT2D eigenvalue weighted by atomic mass is 14.5. The summed E-state index contributed by atoms with van der Waals surface area (Å²) in [5, 5.41) is 1.21. The zero-order valence-corrected chi connectivity index (χ0v) is 8.91. The molecular weight excluding hydrogens is 143 g/mol. The fraction of sp³-hybridized carbons (Fsp3) is 1.00. The summed E-state index contributed by atoms with van der Waals surface area (Å²) in [7, 11) is 2.66. The minimum atomic E-state index is 0.493. The predicted molar refractivity (Wildman–Crippen MR) is 54.7 cm³/mol. The van der Waals surface area contributed by atoms with Crippen LogP contribution in [-0.4, -0.2) is 7.28 Å². The average molecular weight is 163 g/mol. The lowest BCUT2D eigenvalue weighted by Crippen LogP contribution is -2.53. The summed E-state index contributed by atoms with van der Waals surface area (Å²) in [5.74, 6) is 0. The maximum Gasteiger partial charge on any atom is 0.126 e. The highest BCUT2D eigenvalue weighted by Gasteiger charge is 2.59. The van der Waals surface area contributed by atoms with Crippen LogP contribution in [0.4, 0.5) is 0 Å². The van der Waals surface area contributed by atoms with Crippen LogP contribution in [-0.2, 0) is 0 Å². The molecule has 0 amide bonds. The van der Waals surface area contributed by atoms with Crippen molar-refractivity contribution in [2.24, 2.45) is 5.41 Å². The summed E-state index contributed by atoms with van der Waals surface area (Å²) >= 11 is 0. The smallest absolute Gasteiger partial charge is 0.0669 e. The van der Waals surface area contributed by atoms with Crippen LogP contribution >= 0.6 is 0 Å². The fourth-order valence-electron chi connectivity index (χ4n) is 3.34. The van der Waals surface area contributed by atoms with Crippen molar-refractivity contribution in [2.45, 2.75) is 64.0 Å². The topological polar surface area (TPSA) is 0 Å². The van der Waals surface area contributed by atoms with Gasteiger partial charge in [0.1, 0.15) is 7.28 Å². The average Bonchev–Trinajstić information content (AvgIpc) is 1.82. The molecule has 0 nitrogen and oxygen atoms in total. The van der Waals surface area contributed by atoms with Crippen molar-refractivity contribution in [3.05, 3.63) is 0 Å². The van der Waals surface area contributed by atoms with E-state index < -0.39 is 0 Å². The largest absolute Gasteiger partial charge is 0.126 e. The van der Waals surface area contributed by atoms with Crippen LogP contribution in [0.15, 0.2) is 0 Å². The Labute approximate surface area is 77.4 Å². The molecule has 3 fully saturated rings.